The van der Waals surface area contributed by atoms with Gasteiger partial charge in [-0.25, -0.2) is 0 Å². The average molecular weight is 366 g/mol. The largest absolute Gasteiger partial charge is 0.507 e. The number of phenolic OH excluding ortho intramolecular Hbond substituents is 1. The van der Waals surface area contributed by atoms with Crippen LogP contribution in [0.25, 0.3) is 6.08 Å². The number of Topliss-reactive ketones (excluding diaryl/α,β-unsaturated/α-hetero) is 1. The van der Waals surface area contributed by atoms with Crippen molar-refractivity contribution in [1.82, 2.24) is 0 Å². The number of quaternary nitrogens is 2. The lowest BCUT2D eigenvalue weighted by Gasteiger charge is -2.29. The number of carbonyl (C=O) groups is 1. The molecule has 2 aromatic carbocycles. The normalized spacial score (nSPS) is 23.3. The van der Waals surface area contributed by atoms with Crippen LogP contribution in [-0.2, 0) is 6.54 Å². The van der Waals surface area contributed by atoms with E-state index < -0.39 is 0 Å². The number of fused-ring (bicyclic) bond motifs is 1. The van der Waals surface area contributed by atoms with Crippen molar-refractivity contribution < 1.29 is 24.4 Å². The Morgan fingerprint density at radius 2 is 1.74 bits per heavy atom. The number of piperazine rings is 1. The standard InChI is InChI=1S/C22H24N2O3/c1-2-23-10-12-24(13-11-23)15-18-19(25)9-8-17-21(26)20(27-22(17)18)14-16-6-4-3-5-7-16/h3-9,14,25H,2,10-13,15H2,1H3/p+2. The van der Waals surface area contributed by atoms with Crippen molar-refractivity contribution in [3.63, 3.8) is 0 Å². The van der Waals surface area contributed by atoms with Crippen molar-refractivity contribution in [2.75, 3.05) is 32.7 Å². The summed E-state index contributed by atoms with van der Waals surface area (Å²) < 4.78 is 5.95. The lowest BCUT2D eigenvalue weighted by Crippen LogP contribution is -3.27. The zero-order chi connectivity index (χ0) is 18.8. The van der Waals surface area contributed by atoms with E-state index in [0.717, 1.165) is 43.9 Å². The van der Waals surface area contributed by atoms with E-state index in [1.54, 1.807) is 23.1 Å². The van der Waals surface area contributed by atoms with Gasteiger partial charge in [0.2, 0.25) is 5.78 Å². The SMILES string of the molecule is CC[NH+]1CC[NH+](Cc2c(O)ccc3c2OC(=Cc2ccccc2)C3=O)CC1. The second-order valence-corrected chi connectivity index (χ2v) is 7.32. The van der Waals surface area contributed by atoms with E-state index in [-0.39, 0.29) is 11.5 Å². The van der Waals surface area contributed by atoms with E-state index in [1.807, 2.05) is 30.3 Å². The van der Waals surface area contributed by atoms with E-state index in [9.17, 15) is 9.90 Å². The third-order valence-electron chi connectivity index (χ3n) is 5.60. The minimum absolute atomic E-state index is 0.120. The van der Waals surface area contributed by atoms with Gasteiger partial charge in [0, 0.05) is 0 Å². The number of benzene rings is 2. The molecular formula is C22H26N2O3+2. The summed E-state index contributed by atoms with van der Waals surface area (Å²) in [4.78, 5) is 15.8. The van der Waals surface area contributed by atoms with E-state index in [2.05, 4.69) is 6.92 Å². The summed E-state index contributed by atoms with van der Waals surface area (Å²) in [6.07, 6.45) is 1.76. The molecule has 0 spiro atoms. The zero-order valence-corrected chi connectivity index (χ0v) is 15.6. The summed E-state index contributed by atoms with van der Waals surface area (Å²) >= 11 is 0. The maximum atomic E-state index is 12.8. The highest BCUT2D eigenvalue weighted by Crippen LogP contribution is 2.39. The monoisotopic (exact) mass is 366 g/mol. The van der Waals surface area contributed by atoms with E-state index >= 15 is 0 Å². The molecule has 2 aliphatic heterocycles. The van der Waals surface area contributed by atoms with Gasteiger partial charge in [0.15, 0.2) is 11.5 Å². The average Bonchev–Trinajstić information content (AvgIpc) is 3.01. The molecule has 2 aromatic rings. The Balaban J connectivity index is 1.59. The molecule has 0 unspecified atom stereocenters. The second kappa shape index (κ2) is 7.55. The molecule has 0 atom stereocenters. The van der Waals surface area contributed by atoms with Crippen LogP contribution in [0.4, 0.5) is 0 Å². The molecule has 140 valence electrons. The van der Waals surface area contributed by atoms with Crippen LogP contribution in [-0.4, -0.2) is 43.6 Å². The first-order chi connectivity index (χ1) is 13.2. The summed E-state index contributed by atoms with van der Waals surface area (Å²) in [5, 5.41) is 10.4. The van der Waals surface area contributed by atoms with Gasteiger partial charge in [-0.3, -0.25) is 4.79 Å². The van der Waals surface area contributed by atoms with Crippen molar-refractivity contribution in [1.29, 1.82) is 0 Å². The highest BCUT2D eigenvalue weighted by molar-refractivity contribution is 6.14. The first-order valence-corrected chi connectivity index (χ1v) is 9.67. The maximum Gasteiger partial charge on any atom is 0.231 e. The Morgan fingerprint density at radius 1 is 1.04 bits per heavy atom. The Hall–Kier alpha value is -2.63. The number of ether oxygens (including phenoxy) is 1. The maximum absolute atomic E-state index is 12.8. The lowest BCUT2D eigenvalue weighted by atomic mass is 10.0. The minimum atomic E-state index is -0.120. The van der Waals surface area contributed by atoms with Gasteiger partial charge in [-0.1, -0.05) is 30.3 Å². The van der Waals surface area contributed by atoms with Gasteiger partial charge in [-0.15, -0.1) is 0 Å². The second-order valence-electron chi connectivity index (χ2n) is 7.32. The van der Waals surface area contributed by atoms with E-state index in [4.69, 9.17) is 4.74 Å². The molecule has 0 amide bonds. The quantitative estimate of drug-likeness (QED) is 0.683. The molecule has 0 radical (unpaired) electrons. The number of ketones is 1. The number of carbonyl (C=O) groups excluding carboxylic acids is 1. The van der Waals surface area contributed by atoms with E-state index in [1.165, 1.54) is 4.90 Å². The Morgan fingerprint density at radius 3 is 2.44 bits per heavy atom. The predicted octanol–water partition coefficient (Wildman–Crippen LogP) is 0.312. The molecular weight excluding hydrogens is 340 g/mol. The topological polar surface area (TPSA) is 55.4 Å². The fourth-order valence-electron chi connectivity index (χ4n) is 3.91. The summed E-state index contributed by atoms with van der Waals surface area (Å²) in [6.45, 7) is 8.46. The molecule has 3 N–H and O–H groups in total. The molecule has 4 rings (SSSR count). The van der Waals surface area contributed by atoms with Gasteiger partial charge < -0.3 is 19.6 Å². The molecule has 27 heavy (non-hydrogen) atoms. The summed E-state index contributed by atoms with van der Waals surface area (Å²) in [6, 6.07) is 12.9. The van der Waals surface area contributed by atoms with E-state index in [0.29, 0.717) is 23.6 Å². The Kier molecular flexibility index (Phi) is 4.97. The molecule has 0 bridgehead atoms. The molecule has 0 aromatic heterocycles. The van der Waals surface area contributed by atoms with Gasteiger partial charge in [0.25, 0.3) is 0 Å². The number of phenols is 1. The number of likely N-dealkylation sites (N-methyl/N-ethyl adjacent to an activating group) is 1. The fraction of sp³-hybridized carbons (Fsp3) is 0.318. The highest BCUT2D eigenvalue weighted by atomic mass is 16.5. The van der Waals surface area contributed by atoms with Crippen molar-refractivity contribution in [3.8, 4) is 11.5 Å². The van der Waals surface area contributed by atoms with Crippen LogP contribution in [0.3, 0.4) is 0 Å². The molecule has 2 heterocycles. The number of aromatic hydroxyl groups is 1. The van der Waals surface area contributed by atoms with Gasteiger partial charge >= 0.3 is 0 Å². The van der Waals surface area contributed by atoms with Gasteiger partial charge in [0.1, 0.15) is 38.5 Å². The minimum Gasteiger partial charge on any atom is -0.507 e. The van der Waals surface area contributed by atoms with Crippen LogP contribution >= 0.6 is 0 Å². The molecule has 1 fully saturated rings. The van der Waals surface area contributed by atoms with Crippen LogP contribution in [0.5, 0.6) is 11.5 Å². The first kappa shape index (κ1) is 17.8. The molecule has 0 saturated carbocycles. The molecule has 1 saturated heterocycles. The zero-order valence-electron chi connectivity index (χ0n) is 15.6. The number of rotatable bonds is 4. The Bertz CT molecular complexity index is 869. The van der Waals surface area contributed by atoms with Crippen molar-refractivity contribution in [2.45, 2.75) is 13.5 Å². The number of hydrogen-bond acceptors (Lipinski definition) is 3. The third kappa shape index (κ3) is 3.61. The van der Waals surface area contributed by atoms with Crippen molar-refractivity contribution in [3.05, 3.63) is 64.9 Å². The van der Waals surface area contributed by atoms with Crippen LogP contribution in [0.1, 0.15) is 28.4 Å². The first-order valence-electron chi connectivity index (χ1n) is 9.67. The summed E-state index contributed by atoms with van der Waals surface area (Å²) in [5.74, 6) is 0.934. The van der Waals surface area contributed by atoms with Gasteiger partial charge in [-0.2, -0.15) is 0 Å². The lowest BCUT2D eigenvalue weighted by molar-refractivity contribution is -1.02. The van der Waals surface area contributed by atoms with Crippen molar-refractivity contribution in [2.24, 2.45) is 0 Å². The van der Waals surface area contributed by atoms with Crippen LogP contribution < -0.4 is 14.5 Å². The molecule has 0 aliphatic carbocycles. The molecule has 5 heteroatoms. The number of hydrogen-bond donors (Lipinski definition) is 3. The van der Waals surface area contributed by atoms with Gasteiger partial charge in [0.05, 0.1) is 17.7 Å². The smallest absolute Gasteiger partial charge is 0.231 e. The van der Waals surface area contributed by atoms with Crippen LogP contribution in [0.15, 0.2) is 48.2 Å². The summed E-state index contributed by atoms with van der Waals surface area (Å²) in [7, 11) is 0. The van der Waals surface area contributed by atoms with Crippen molar-refractivity contribution >= 4 is 11.9 Å². The predicted molar refractivity (Wildman–Crippen MR) is 103 cm³/mol. The Labute approximate surface area is 159 Å². The fourth-order valence-corrected chi connectivity index (χ4v) is 3.91. The van der Waals surface area contributed by atoms with Crippen LogP contribution in [0, 0.1) is 0 Å². The summed E-state index contributed by atoms with van der Waals surface area (Å²) in [5.41, 5.74) is 2.21. The van der Waals surface area contributed by atoms with Gasteiger partial charge in [-0.05, 0) is 30.7 Å². The number of allylic oxidation sites excluding steroid dienone is 1. The van der Waals surface area contributed by atoms with Crippen LogP contribution in [0.2, 0.25) is 0 Å². The number of nitrogens with one attached hydrogen (secondary N) is 2. The molecule has 2 aliphatic rings. The molecule has 5 nitrogen and oxygen atoms in total. The third-order valence-corrected chi connectivity index (χ3v) is 5.60. The highest BCUT2D eigenvalue weighted by Gasteiger charge is 2.33.